The molecule has 0 spiro atoms. The summed E-state index contributed by atoms with van der Waals surface area (Å²) in [5.41, 5.74) is 2.61. The van der Waals surface area contributed by atoms with Crippen LogP contribution in [0.1, 0.15) is 37.1 Å². The van der Waals surface area contributed by atoms with Crippen LogP contribution in [0.25, 0.3) is 0 Å². The van der Waals surface area contributed by atoms with Gasteiger partial charge in [-0.3, -0.25) is 4.98 Å². The first kappa shape index (κ1) is 14.5. The number of aromatic nitrogens is 1. The van der Waals surface area contributed by atoms with Crippen molar-refractivity contribution >= 4 is 17.0 Å². The van der Waals surface area contributed by atoms with Crippen LogP contribution >= 0.6 is 11.3 Å². The largest absolute Gasteiger partial charge is 0.362 e. The molecule has 1 N–H and O–H groups in total. The van der Waals surface area contributed by atoms with Gasteiger partial charge in [0.15, 0.2) is 0 Å². The van der Waals surface area contributed by atoms with Crippen LogP contribution in [0.15, 0.2) is 36.0 Å². The lowest BCUT2D eigenvalue weighted by atomic mass is 10.1. The van der Waals surface area contributed by atoms with E-state index in [1.54, 1.807) is 0 Å². The first-order chi connectivity index (χ1) is 10.2. The SMILES string of the molecule is CC(C)N(Cc1cccs1)c1cnccc1CNC1CC1. The van der Waals surface area contributed by atoms with Crippen LogP contribution in [0.4, 0.5) is 5.69 Å². The fraction of sp³-hybridized carbons (Fsp3) is 0.471. The lowest BCUT2D eigenvalue weighted by molar-refractivity contribution is 0.658. The summed E-state index contributed by atoms with van der Waals surface area (Å²) in [6.45, 7) is 6.39. The van der Waals surface area contributed by atoms with Crippen LogP contribution in [0.3, 0.4) is 0 Å². The maximum atomic E-state index is 4.35. The van der Waals surface area contributed by atoms with Crippen molar-refractivity contribution in [2.75, 3.05) is 4.90 Å². The first-order valence-electron chi connectivity index (χ1n) is 7.69. The molecule has 0 radical (unpaired) electrons. The van der Waals surface area contributed by atoms with Crippen LogP contribution in [0, 0.1) is 0 Å². The van der Waals surface area contributed by atoms with Gasteiger partial charge in [0.05, 0.1) is 18.4 Å². The van der Waals surface area contributed by atoms with Crippen LogP contribution in [0.2, 0.25) is 0 Å². The van der Waals surface area contributed by atoms with Gasteiger partial charge in [0.25, 0.3) is 0 Å². The second kappa shape index (κ2) is 6.58. The third-order valence-electron chi connectivity index (χ3n) is 3.89. The van der Waals surface area contributed by atoms with Gasteiger partial charge in [0.2, 0.25) is 0 Å². The zero-order chi connectivity index (χ0) is 14.7. The maximum Gasteiger partial charge on any atom is 0.0603 e. The van der Waals surface area contributed by atoms with E-state index in [1.807, 2.05) is 23.7 Å². The van der Waals surface area contributed by atoms with Crippen molar-refractivity contribution in [2.45, 2.75) is 51.9 Å². The number of nitrogens with zero attached hydrogens (tertiary/aromatic N) is 2. The number of hydrogen-bond donors (Lipinski definition) is 1. The van der Waals surface area contributed by atoms with Gasteiger partial charge in [0, 0.05) is 29.7 Å². The quantitative estimate of drug-likeness (QED) is 0.843. The highest BCUT2D eigenvalue weighted by Gasteiger charge is 2.21. The number of hydrogen-bond acceptors (Lipinski definition) is 4. The van der Waals surface area contributed by atoms with Crippen LogP contribution in [0.5, 0.6) is 0 Å². The predicted molar refractivity (Wildman–Crippen MR) is 89.7 cm³/mol. The molecule has 2 aromatic heterocycles. The molecule has 1 fully saturated rings. The normalized spacial score (nSPS) is 14.6. The van der Waals surface area contributed by atoms with Crippen LogP contribution in [-0.4, -0.2) is 17.1 Å². The van der Waals surface area contributed by atoms with Gasteiger partial charge in [-0.05, 0) is 49.8 Å². The smallest absolute Gasteiger partial charge is 0.0603 e. The number of nitrogens with one attached hydrogen (secondary N) is 1. The van der Waals surface area contributed by atoms with E-state index in [9.17, 15) is 0 Å². The fourth-order valence-corrected chi connectivity index (χ4v) is 3.18. The Morgan fingerprint density at radius 3 is 2.90 bits per heavy atom. The Balaban J connectivity index is 1.80. The molecule has 0 amide bonds. The highest BCUT2D eigenvalue weighted by atomic mass is 32.1. The van der Waals surface area contributed by atoms with Crippen LogP contribution < -0.4 is 10.2 Å². The second-order valence-corrected chi connectivity index (χ2v) is 6.99. The van der Waals surface area contributed by atoms with Crippen molar-refractivity contribution in [3.05, 3.63) is 46.4 Å². The lowest BCUT2D eigenvalue weighted by Crippen LogP contribution is -2.31. The standard InChI is InChI=1S/C17H23N3S/c1-13(2)20(12-16-4-3-9-21-16)17-11-18-8-7-14(17)10-19-15-5-6-15/h3-4,7-9,11,13,15,19H,5-6,10,12H2,1-2H3. The van der Waals surface area contributed by atoms with Gasteiger partial charge in [-0.2, -0.15) is 0 Å². The molecule has 0 aromatic carbocycles. The van der Waals surface area contributed by atoms with Gasteiger partial charge in [0.1, 0.15) is 0 Å². The Kier molecular flexibility index (Phi) is 4.56. The first-order valence-corrected chi connectivity index (χ1v) is 8.57. The lowest BCUT2D eigenvalue weighted by Gasteiger charge is -2.30. The number of pyridine rings is 1. The Labute approximate surface area is 131 Å². The van der Waals surface area contributed by atoms with Crippen molar-refractivity contribution in [1.82, 2.24) is 10.3 Å². The van der Waals surface area contributed by atoms with Crippen molar-refractivity contribution in [3.63, 3.8) is 0 Å². The Hall–Kier alpha value is -1.39. The van der Waals surface area contributed by atoms with E-state index >= 15 is 0 Å². The Morgan fingerprint density at radius 1 is 1.38 bits per heavy atom. The summed E-state index contributed by atoms with van der Waals surface area (Å²) in [7, 11) is 0. The monoisotopic (exact) mass is 301 g/mol. The summed E-state index contributed by atoms with van der Waals surface area (Å²) in [4.78, 5) is 8.20. The molecule has 21 heavy (non-hydrogen) atoms. The highest BCUT2D eigenvalue weighted by molar-refractivity contribution is 7.09. The number of thiophene rings is 1. The topological polar surface area (TPSA) is 28.2 Å². The Morgan fingerprint density at radius 2 is 2.24 bits per heavy atom. The summed E-state index contributed by atoms with van der Waals surface area (Å²) in [5, 5.41) is 5.76. The summed E-state index contributed by atoms with van der Waals surface area (Å²) < 4.78 is 0. The van der Waals surface area contributed by atoms with Gasteiger partial charge < -0.3 is 10.2 Å². The minimum atomic E-state index is 0.455. The zero-order valence-electron chi connectivity index (χ0n) is 12.7. The molecule has 2 heterocycles. The number of anilines is 1. The molecule has 112 valence electrons. The summed E-state index contributed by atoms with van der Waals surface area (Å²) in [6.07, 6.45) is 6.56. The molecule has 1 aliphatic carbocycles. The molecule has 0 atom stereocenters. The molecule has 1 aliphatic rings. The van der Waals surface area contributed by atoms with Gasteiger partial charge in [-0.15, -0.1) is 11.3 Å². The number of rotatable bonds is 7. The third-order valence-corrected chi connectivity index (χ3v) is 4.75. The fourth-order valence-electron chi connectivity index (χ4n) is 2.48. The van der Waals surface area contributed by atoms with E-state index in [-0.39, 0.29) is 0 Å². The molecular weight excluding hydrogens is 278 g/mol. The molecule has 3 rings (SSSR count). The molecule has 0 saturated heterocycles. The summed E-state index contributed by atoms with van der Waals surface area (Å²) in [6, 6.07) is 7.66. The van der Waals surface area contributed by atoms with E-state index in [0.717, 1.165) is 19.1 Å². The minimum absolute atomic E-state index is 0.455. The average molecular weight is 301 g/mol. The molecule has 0 unspecified atom stereocenters. The molecule has 0 aliphatic heterocycles. The third kappa shape index (κ3) is 3.83. The van der Waals surface area contributed by atoms with Crippen molar-refractivity contribution in [1.29, 1.82) is 0 Å². The van der Waals surface area contributed by atoms with E-state index in [0.29, 0.717) is 6.04 Å². The van der Waals surface area contributed by atoms with E-state index in [4.69, 9.17) is 0 Å². The molecule has 1 saturated carbocycles. The van der Waals surface area contributed by atoms with Crippen molar-refractivity contribution in [2.24, 2.45) is 0 Å². The van der Waals surface area contributed by atoms with E-state index in [2.05, 4.69) is 52.6 Å². The Bertz CT molecular complexity index is 561. The zero-order valence-corrected chi connectivity index (χ0v) is 13.6. The summed E-state index contributed by atoms with van der Waals surface area (Å²) >= 11 is 1.82. The van der Waals surface area contributed by atoms with Gasteiger partial charge in [-0.1, -0.05) is 6.07 Å². The average Bonchev–Trinajstić information content (AvgIpc) is 3.17. The van der Waals surface area contributed by atoms with Crippen molar-refractivity contribution in [3.8, 4) is 0 Å². The molecule has 2 aromatic rings. The second-order valence-electron chi connectivity index (χ2n) is 5.96. The minimum Gasteiger partial charge on any atom is -0.362 e. The van der Waals surface area contributed by atoms with Crippen LogP contribution in [-0.2, 0) is 13.1 Å². The van der Waals surface area contributed by atoms with Crippen molar-refractivity contribution < 1.29 is 0 Å². The molecular formula is C17H23N3S. The highest BCUT2D eigenvalue weighted by Crippen LogP contribution is 2.26. The molecule has 3 nitrogen and oxygen atoms in total. The summed E-state index contributed by atoms with van der Waals surface area (Å²) in [5.74, 6) is 0. The maximum absolute atomic E-state index is 4.35. The van der Waals surface area contributed by atoms with Gasteiger partial charge >= 0.3 is 0 Å². The predicted octanol–water partition coefficient (Wildman–Crippen LogP) is 3.81. The van der Waals surface area contributed by atoms with E-state index < -0.39 is 0 Å². The van der Waals surface area contributed by atoms with E-state index in [1.165, 1.54) is 29.0 Å². The van der Waals surface area contributed by atoms with Gasteiger partial charge in [-0.25, -0.2) is 0 Å². The molecule has 4 heteroatoms. The molecule has 0 bridgehead atoms.